The SMILES string of the molecule is COc1cc(C(F)(F)F)nc(N2C3CCC2CC(O)(c2ccccc2C)C3)n1. The number of nitrogens with zero attached hydrogens (tertiary/aromatic N) is 3. The van der Waals surface area contributed by atoms with Crippen molar-refractivity contribution < 1.29 is 23.0 Å². The number of hydrogen-bond acceptors (Lipinski definition) is 5. The average Bonchev–Trinajstić information content (AvgIpc) is 2.93. The molecule has 2 aromatic rings. The quantitative estimate of drug-likeness (QED) is 0.859. The third-order valence-corrected chi connectivity index (χ3v) is 5.83. The van der Waals surface area contributed by atoms with Gasteiger partial charge in [0.2, 0.25) is 11.8 Å². The van der Waals surface area contributed by atoms with Crippen molar-refractivity contribution in [1.29, 1.82) is 0 Å². The number of aryl methyl sites for hydroxylation is 1. The van der Waals surface area contributed by atoms with Gasteiger partial charge in [0.15, 0.2) is 5.69 Å². The minimum atomic E-state index is -4.58. The third kappa shape index (κ3) is 3.19. The van der Waals surface area contributed by atoms with Gasteiger partial charge in [-0.3, -0.25) is 0 Å². The van der Waals surface area contributed by atoms with Crippen molar-refractivity contribution in [3.05, 3.63) is 47.2 Å². The van der Waals surface area contributed by atoms with Crippen LogP contribution in [0.3, 0.4) is 0 Å². The summed E-state index contributed by atoms with van der Waals surface area (Å²) in [5.74, 6) is -0.0949. The first-order valence-corrected chi connectivity index (χ1v) is 9.28. The molecule has 2 saturated heterocycles. The van der Waals surface area contributed by atoms with Crippen LogP contribution in [0.25, 0.3) is 0 Å². The van der Waals surface area contributed by atoms with Gasteiger partial charge in [0, 0.05) is 31.0 Å². The molecule has 0 radical (unpaired) electrons. The maximum atomic E-state index is 13.2. The Bertz CT molecular complexity index is 873. The number of hydrogen-bond donors (Lipinski definition) is 1. The molecule has 2 bridgehead atoms. The van der Waals surface area contributed by atoms with Crippen molar-refractivity contribution in [3.63, 3.8) is 0 Å². The molecule has 2 fully saturated rings. The summed E-state index contributed by atoms with van der Waals surface area (Å²) in [6.07, 6.45) is -2.17. The van der Waals surface area contributed by atoms with E-state index in [1.54, 1.807) is 0 Å². The Morgan fingerprint density at radius 2 is 1.79 bits per heavy atom. The second-order valence-corrected chi connectivity index (χ2v) is 7.64. The van der Waals surface area contributed by atoms with Crippen LogP contribution in [-0.2, 0) is 11.8 Å². The molecule has 28 heavy (non-hydrogen) atoms. The van der Waals surface area contributed by atoms with Gasteiger partial charge in [-0.2, -0.15) is 18.2 Å². The van der Waals surface area contributed by atoms with E-state index in [0.717, 1.165) is 30.0 Å². The lowest BCUT2D eigenvalue weighted by Gasteiger charge is -2.44. The molecule has 1 N–H and O–H groups in total. The van der Waals surface area contributed by atoms with Gasteiger partial charge in [-0.15, -0.1) is 0 Å². The Labute approximate surface area is 161 Å². The van der Waals surface area contributed by atoms with E-state index >= 15 is 0 Å². The van der Waals surface area contributed by atoms with Gasteiger partial charge in [-0.05, 0) is 30.9 Å². The molecule has 1 aromatic heterocycles. The number of alkyl halides is 3. The molecule has 150 valence electrons. The van der Waals surface area contributed by atoms with E-state index < -0.39 is 17.5 Å². The third-order valence-electron chi connectivity index (χ3n) is 5.83. The van der Waals surface area contributed by atoms with Crippen LogP contribution in [0.4, 0.5) is 19.1 Å². The molecule has 2 aliphatic heterocycles. The second-order valence-electron chi connectivity index (χ2n) is 7.64. The number of methoxy groups -OCH3 is 1. The van der Waals surface area contributed by atoms with E-state index in [0.29, 0.717) is 12.8 Å². The molecule has 1 aromatic carbocycles. The predicted octanol–water partition coefficient (Wildman–Crippen LogP) is 3.83. The highest BCUT2D eigenvalue weighted by molar-refractivity contribution is 5.43. The van der Waals surface area contributed by atoms with Crippen LogP contribution in [0.5, 0.6) is 5.88 Å². The number of benzene rings is 1. The number of piperidine rings is 1. The van der Waals surface area contributed by atoms with Crippen LogP contribution < -0.4 is 9.64 Å². The van der Waals surface area contributed by atoms with E-state index in [9.17, 15) is 18.3 Å². The zero-order valence-electron chi connectivity index (χ0n) is 15.7. The van der Waals surface area contributed by atoms with Crippen LogP contribution in [0.1, 0.15) is 42.5 Å². The van der Waals surface area contributed by atoms with Crippen molar-refractivity contribution >= 4 is 5.95 Å². The van der Waals surface area contributed by atoms with Crippen molar-refractivity contribution in [1.82, 2.24) is 9.97 Å². The van der Waals surface area contributed by atoms with Gasteiger partial charge in [0.05, 0.1) is 12.7 Å². The molecule has 3 heterocycles. The van der Waals surface area contributed by atoms with Gasteiger partial charge < -0.3 is 14.7 Å². The maximum Gasteiger partial charge on any atom is 0.433 e. The molecule has 5 nitrogen and oxygen atoms in total. The fourth-order valence-electron chi connectivity index (χ4n) is 4.64. The molecular weight excluding hydrogens is 371 g/mol. The molecule has 2 aliphatic rings. The summed E-state index contributed by atoms with van der Waals surface area (Å²) >= 11 is 0. The number of aromatic nitrogens is 2. The molecule has 0 saturated carbocycles. The molecule has 2 unspecified atom stereocenters. The Hall–Kier alpha value is -2.35. The second kappa shape index (κ2) is 6.62. The summed E-state index contributed by atoms with van der Waals surface area (Å²) in [6, 6.07) is 8.26. The molecule has 8 heteroatoms. The standard InChI is InChI=1S/C20H22F3N3O2/c1-12-5-3-4-6-15(12)19(27)10-13-7-8-14(11-19)26(13)18-24-16(20(21,22)23)9-17(25-18)28-2/h3-6,9,13-14,27H,7-8,10-11H2,1-2H3. The molecule has 0 aliphatic carbocycles. The number of aliphatic hydroxyl groups is 1. The Morgan fingerprint density at radius 3 is 2.36 bits per heavy atom. The fraction of sp³-hybridized carbons (Fsp3) is 0.500. The fourth-order valence-corrected chi connectivity index (χ4v) is 4.64. The lowest BCUT2D eigenvalue weighted by atomic mass is 9.79. The Balaban J connectivity index is 1.69. The number of halogens is 3. The van der Waals surface area contributed by atoms with Gasteiger partial charge in [0.1, 0.15) is 0 Å². The van der Waals surface area contributed by atoms with Crippen molar-refractivity contribution in [3.8, 4) is 5.88 Å². The summed E-state index contributed by atoms with van der Waals surface area (Å²) in [4.78, 5) is 9.80. The first kappa shape index (κ1) is 19.0. The zero-order chi connectivity index (χ0) is 20.1. The van der Waals surface area contributed by atoms with E-state index in [2.05, 4.69) is 9.97 Å². The lowest BCUT2D eigenvalue weighted by molar-refractivity contribution is -0.141. The smallest absolute Gasteiger partial charge is 0.433 e. The first-order chi connectivity index (χ1) is 13.2. The number of anilines is 1. The zero-order valence-corrected chi connectivity index (χ0v) is 15.7. The van der Waals surface area contributed by atoms with Gasteiger partial charge in [0.25, 0.3) is 0 Å². The average molecular weight is 393 g/mol. The normalized spacial score (nSPS) is 27.1. The molecule has 2 atom stereocenters. The minimum absolute atomic E-state index is 0.0195. The number of rotatable bonds is 3. The maximum absolute atomic E-state index is 13.2. The Kier molecular flexibility index (Phi) is 4.49. The van der Waals surface area contributed by atoms with E-state index in [-0.39, 0.29) is 23.9 Å². The van der Waals surface area contributed by atoms with E-state index in [4.69, 9.17) is 4.74 Å². The summed E-state index contributed by atoms with van der Waals surface area (Å²) < 4.78 is 44.7. The van der Waals surface area contributed by atoms with Crippen LogP contribution >= 0.6 is 0 Å². The van der Waals surface area contributed by atoms with Gasteiger partial charge in [-0.25, -0.2) is 4.98 Å². The number of ether oxygens (including phenoxy) is 1. The summed E-state index contributed by atoms with van der Waals surface area (Å²) in [5.41, 5.74) is -0.128. The highest BCUT2D eigenvalue weighted by Crippen LogP contribution is 2.48. The van der Waals surface area contributed by atoms with Crippen LogP contribution in [0, 0.1) is 6.92 Å². The van der Waals surface area contributed by atoms with Gasteiger partial charge in [-0.1, -0.05) is 24.3 Å². The highest BCUT2D eigenvalue weighted by Gasteiger charge is 2.50. The lowest BCUT2D eigenvalue weighted by Crippen LogP contribution is -2.50. The summed E-state index contributed by atoms with van der Waals surface area (Å²) in [6.45, 7) is 1.96. The monoisotopic (exact) mass is 393 g/mol. The molecule has 4 rings (SSSR count). The highest BCUT2D eigenvalue weighted by atomic mass is 19.4. The molecule has 0 spiro atoms. The summed E-state index contributed by atoms with van der Waals surface area (Å²) in [7, 11) is 1.29. The first-order valence-electron chi connectivity index (χ1n) is 9.28. The van der Waals surface area contributed by atoms with Crippen molar-refractivity contribution in [2.75, 3.05) is 12.0 Å². The van der Waals surface area contributed by atoms with Crippen LogP contribution in [0.15, 0.2) is 30.3 Å². The van der Waals surface area contributed by atoms with E-state index in [1.807, 2.05) is 36.1 Å². The van der Waals surface area contributed by atoms with Crippen LogP contribution in [0.2, 0.25) is 0 Å². The molecular formula is C20H22F3N3O2. The van der Waals surface area contributed by atoms with Crippen LogP contribution in [-0.4, -0.2) is 34.3 Å². The van der Waals surface area contributed by atoms with Crippen molar-refractivity contribution in [2.24, 2.45) is 0 Å². The Morgan fingerprint density at radius 1 is 1.14 bits per heavy atom. The van der Waals surface area contributed by atoms with E-state index in [1.165, 1.54) is 7.11 Å². The molecule has 0 amide bonds. The summed E-state index contributed by atoms with van der Waals surface area (Å²) in [5, 5.41) is 11.4. The predicted molar refractivity (Wildman–Crippen MR) is 97.2 cm³/mol. The van der Waals surface area contributed by atoms with Crippen molar-refractivity contribution in [2.45, 2.75) is 56.5 Å². The largest absolute Gasteiger partial charge is 0.481 e. The number of fused-ring (bicyclic) bond motifs is 2. The van der Waals surface area contributed by atoms with Gasteiger partial charge >= 0.3 is 6.18 Å². The minimum Gasteiger partial charge on any atom is -0.481 e. The topological polar surface area (TPSA) is 58.5 Å².